The summed E-state index contributed by atoms with van der Waals surface area (Å²) in [5.74, 6) is -0.216. The molecular weight excluding hydrogens is 319 g/mol. The zero-order valence-electron chi connectivity index (χ0n) is 11.7. The van der Waals surface area contributed by atoms with Gasteiger partial charge in [-0.1, -0.05) is 35.8 Å². The lowest BCUT2D eigenvalue weighted by molar-refractivity contribution is 0.549. The van der Waals surface area contributed by atoms with E-state index in [0.717, 1.165) is 28.7 Å². The summed E-state index contributed by atoms with van der Waals surface area (Å²) in [5, 5.41) is 3.33. The first kappa shape index (κ1) is 15.1. The predicted octanol–water partition coefficient (Wildman–Crippen LogP) is 4.24. The molecule has 1 unspecified atom stereocenters. The Morgan fingerprint density at radius 3 is 2.80 bits per heavy atom. The van der Waals surface area contributed by atoms with Crippen LogP contribution in [0.4, 0.5) is 4.39 Å². The van der Waals surface area contributed by atoms with Crippen LogP contribution in [-0.2, 0) is 6.42 Å². The summed E-state index contributed by atoms with van der Waals surface area (Å²) in [6, 6.07) is 8.75. The summed E-state index contributed by atoms with van der Waals surface area (Å²) in [4.78, 5) is 4.47. The van der Waals surface area contributed by atoms with Crippen molar-refractivity contribution in [3.05, 3.63) is 63.6 Å². The Hall–Kier alpha value is -1.26. The van der Waals surface area contributed by atoms with Crippen molar-refractivity contribution >= 4 is 15.9 Å². The Balaban J connectivity index is 2.53. The lowest BCUT2D eigenvalue weighted by atomic mass is 9.97. The van der Waals surface area contributed by atoms with Crippen LogP contribution in [0, 0.1) is 5.82 Å². The molecule has 0 saturated carbocycles. The van der Waals surface area contributed by atoms with Crippen LogP contribution in [0.25, 0.3) is 0 Å². The van der Waals surface area contributed by atoms with E-state index in [0.29, 0.717) is 5.56 Å². The molecule has 4 heteroatoms. The molecule has 0 saturated heterocycles. The molecule has 0 spiro atoms. The molecule has 0 amide bonds. The first-order chi connectivity index (χ1) is 9.67. The zero-order valence-corrected chi connectivity index (χ0v) is 13.2. The molecule has 2 rings (SSSR count). The summed E-state index contributed by atoms with van der Waals surface area (Å²) in [5.41, 5.74) is 2.65. The highest BCUT2D eigenvalue weighted by Crippen LogP contribution is 2.28. The van der Waals surface area contributed by atoms with E-state index >= 15 is 0 Å². The van der Waals surface area contributed by atoms with E-state index < -0.39 is 0 Å². The van der Waals surface area contributed by atoms with Crippen molar-refractivity contribution in [3.8, 4) is 0 Å². The van der Waals surface area contributed by atoms with E-state index in [1.807, 2.05) is 25.1 Å². The van der Waals surface area contributed by atoms with Crippen molar-refractivity contribution in [2.24, 2.45) is 0 Å². The minimum absolute atomic E-state index is 0.216. The molecule has 1 aromatic carbocycles. The Morgan fingerprint density at radius 1 is 1.30 bits per heavy atom. The van der Waals surface area contributed by atoms with Gasteiger partial charge in [-0.05, 0) is 42.8 Å². The fraction of sp³-hybridized carbons (Fsp3) is 0.312. The number of hydrogen-bond donors (Lipinski definition) is 1. The summed E-state index contributed by atoms with van der Waals surface area (Å²) < 4.78 is 15.0. The molecule has 0 aliphatic carbocycles. The first-order valence-electron chi connectivity index (χ1n) is 6.79. The van der Waals surface area contributed by atoms with Gasteiger partial charge in [-0.2, -0.15) is 0 Å². The van der Waals surface area contributed by atoms with Crippen molar-refractivity contribution in [3.63, 3.8) is 0 Å². The summed E-state index contributed by atoms with van der Waals surface area (Å²) in [6.07, 6.45) is 2.63. The molecule has 0 aliphatic rings. The van der Waals surface area contributed by atoms with Crippen LogP contribution in [0.5, 0.6) is 0 Å². The Labute approximate surface area is 127 Å². The zero-order chi connectivity index (χ0) is 14.5. The molecular formula is C16H18BrFN2. The SMILES string of the molecule is CCNC(c1cc(Br)ccc1F)c1ncccc1CC. The normalized spacial score (nSPS) is 12.4. The number of aromatic nitrogens is 1. The molecule has 0 bridgehead atoms. The monoisotopic (exact) mass is 336 g/mol. The van der Waals surface area contributed by atoms with Crippen LogP contribution in [0.1, 0.15) is 36.7 Å². The lowest BCUT2D eigenvalue weighted by Crippen LogP contribution is -2.25. The highest BCUT2D eigenvalue weighted by atomic mass is 79.9. The van der Waals surface area contributed by atoms with Gasteiger partial charge in [-0.15, -0.1) is 0 Å². The number of benzene rings is 1. The molecule has 1 N–H and O–H groups in total. The smallest absolute Gasteiger partial charge is 0.128 e. The number of pyridine rings is 1. The second-order valence-corrected chi connectivity index (χ2v) is 5.47. The molecule has 0 radical (unpaired) electrons. The summed E-state index contributed by atoms with van der Waals surface area (Å²) in [6.45, 7) is 4.84. The van der Waals surface area contributed by atoms with Gasteiger partial charge in [0.05, 0.1) is 11.7 Å². The molecule has 1 aromatic heterocycles. The van der Waals surface area contributed by atoms with Gasteiger partial charge in [0.25, 0.3) is 0 Å². The Morgan fingerprint density at radius 2 is 2.10 bits per heavy atom. The average molecular weight is 337 g/mol. The van der Waals surface area contributed by atoms with Crippen LogP contribution in [0.15, 0.2) is 41.0 Å². The third-order valence-corrected chi connectivity index (χ3v) is 3.75. The number of nitrogens with one attached hydrogen (secondary N) is 1. The highest BCUT2D eigenvalue weighted by Gasteiger charge is 2.20. The molecule has 20 heavy (non-hydrogen) atoms. The molecule has 106 valence electrons. The van der Waals surface area contributed by atoms with Gasteiger partial charge in [-0.3, -0.25) is 4.98 Å². The fourth-order valence-corrected chi connectivity index (χ4v) is 2.68. The molecule has 1 atom stereocenters. The van der Waals surface area contributed by atoms with Gasteiger partial charge in [0, 0.05) is 16.2 Å². The van der Waals surface area contributed by atoms with Crippen LogP contribution in [0.2, 0.25) is 0 Å². The molecule has 2 aromatic rings. The van der Waals surface area contributed by atoms with Crippen LogP contribution < -0.4 is 5.32 Å². The number of aryl methyl sites for hydroxylation is 1. The third kappa shape index (κ3) is 3.25. The Kier molecular flexibility index (Phi) is 5.26. The van der Waals surface area contributed by atoms with Gasteiger partial charge < -0.3 is 5.32 Å². The quantitative estimate of drug-likeness (QED) is 0.883. The minimum atomic E-state index is -0.228. The number of rotatable bonds is 5. The second-order valence-electron chi connectivity index (χ2n) is 4.56. The standard InChI is InChI=1S/C16H18BrFN2/c1-3-11-6-5-9-20-15(11)16(19-4-2)13-10-12(17)7-8-14(13)18/h5-10,16,19H,3-4H2,1-2H3. The third-order valence-electron chi connectivity index (χ3n) is 3.26. The largest absolute Gasteiger partial charge is 0.305 e. The average Bonchev–Trinajstić information content (AvgIpc) is 2.47. The van der Waals surface area contributed by atoms with E-state index in [-0.39, 0.29) is 11.9 Å². The maximum absolute atomic E-state index is 14.2. The molecule has 1 heterocycles. The summed E-state index contributed by atoms with van der Waals surface area (Å²) in [7, 11) is 0. The maximum atomic E-state index is 14.2. The van der Waals surface area contributed by atoms with Gasteiger partial charge in [0.15, 0.2) is 0 Å². The number of nitrogens with zero attached hydrogens (tertiary/aromatic N) is 1. The van der Waals surface area contributed by atoms with E-state index in [1.165, 1.54) is 6.07 Å². The molecule has 0 aliphatic heterocycles. The second kappa shape index (κ2) is 6.95. The Bertz CT molecular complexity index is 586. The van der Waals surface area contributed by atoms with Crippen molar-refractivity contribution < 1.29 is 4.39 Å². The number of halogens is 2. The molecule has 2 nitrogen and oxygen atoms in total. The van der Waals surface area contributed by atoms with Crippen LogP contribution in [-0.4, -0.2) is 11.5 Å². The van der Waals surface area contributed by atoms with Gasteiger partial charge in [0.1, 0.15) is 5.82 Å². The summed E-state index contributed by atoms with van der Waals surface area (Å²) >= 11 is 3.41. The topological polar surface area (TPSA) is 24.9 Å². The first-order valence-corrected chi connectivity index (χ1v) is 7.58. The van der Waals surface area contributed by atoms with E-state index in [1.54, 1.807) is 12.3 Å². The van der Waals surface area contributed by atoms with Crippen molar-refractivity contribution in [1.82, 2.24) is 10.3 Å². The van der Waals surface area contributed by atoms with Crippen molar-refractivity contribution in [1.29, 1.82) is 0 Å². The fourth-order valence-electron chi connectivity index (χ4n) is 2.30. The predicted molar refractivity (Wildman–Crippen MR) is 83.2 cm³/mol. The van der Waals surface area contributed by atoms with E-state index in [9.17, 15) is 4.39 Å². The van der Waals surface area contributed by atoms with Gasteiger partial charge >= 0.3 is 0 Å². The van der Waals surface area contributed by atoms with Gasteiger partial charge in [0.2, 0.25) is 0 Å². The van der Waals surface area contributed by atoms with Crippen LogP contribution >= 0.6 is 15.9 Å². The van der Waals surface area contributed by atoms with Gasteiger partial charge in [-0.25, -0.2) is 4.39 Å². The highest BCUT2D eigenvalue weighted by molar-refractivity contribution is 9.10. The van der Waals surface area contributed by atoms with E-state index in [4.69, 9.17) is 0 Å². The minimum Gasteiger partial charge on any atom is -0.305 e. The van der Waals surface area contributed by atoms with Crippen molar-refractivity contribution in [2.75, 3.05) is 6.54 Å². The molecule has 0 fully saturated rings. The lowest BCUT2D eigenvalue weighted by Gasteiger charge is -2.21. The van der Waals surface area contributed by atoms with Crippen molar-refractivity contribution in [2.45, 2.75) is 26.3 Å². The number of hydrogen-bond acceptors (Lipinski definition) is 2. The van der Waals surface area contributed by atoms with E-state index in [2.05, 4.69) is 33.2 Å². The maximum Gasteiger partial charge on any atom is 0.128 e. The van der Waals surface area contributed by atoms with Crippen LogP contribution in [0.3, 0.4) is 0 Å².